The number of nitrogens with one attached hydrogen (secondary N) is 9. The molecule has 2 heterocycles. The molecule has 1 saturated heterocycles. The van der Waals surface area contributed by atoms with Crippen molar-refractivity contribution in [2.24, 2.45) is 5.73 Å². The van der Waals surface area contributed by atoms with E-state index in [1.165, 1.54) is 6.92 Å². The first kappa shape index (κ1) is 50.3. The van der Waals surface area contributed by atoms with E-state index in [0.29, 0.717) is 30.4 Å². The Labute approximate surface area is 374 Å². The summed E-state index contributed by atoms with van der Waals surface area (Å²) in [6.45, 7) is 1.04. The first-order chi connectivity index (χ1) is 31.1. The minimum atomic E-state index is -1.74. The number of rotatable bonds is 12. The third-order valence-electron chi connectivity index (χ3n) is 10.5. The number of aromatic nitrogens is 1. The molecule has 350 valence electrons. The third kappa shape index (κ3) is 17.4. The highest BCUT2D eigenvalue weighted by Gasteiger charge is 2.33. The number of primary amides is 1. The summed E-state index contributed by atoms with van der Waals surface area (Å²) in [5, 5.41) is 31.0. The zero-order chi connectivity index (χ0) is 47.3. The molecule has 0 saturated carbocycles. The molecule has 3 aromatic rings. The number of hydrogen-bond acceptors (Lipinski definition) is 10. The lowest BCUT2D eigenvalue weighted by molar-refractivity contribution is -0.141. The maximum absolute atomic E-state index is 14.3. The van der Waals surface area contributed by atoms with Gasteiger partial charge in [0.25, 0.3) is 0 Å². The molecule has 0 radical (unpaired) electrons. The van der Waals surface area contributed by atoms with Crippen LogP contribution >= 0.6 is 0 Å². The van der Waals surface area contributed by atoms with Crippen molar-refractivity contribution in [2.45, 2.75) is 108 Å². The van der Waals surface area contributed by atoms with Crippen LogP contribution in [-0.4, -0.2) is 119 Å². The monoisotopic (exact) mass is 902 g/mol. The van der Waals surface area contributed by atoms with E-state index in [9.17, 15) is 53.1 Å². The minimum Gasteiger partial charge on any atom is -0.481 e. The van der Waals surface area contributed by atoms with Crippen molar-refractivity contribution in [1.29, 1.82) is 0 Å². The molecule has 21 heteroatoms. The van der Waals surface area contributed by atoms with Gasteiger partial charge in [-0.25, -0.2) is 0 Å². The normalized spacial score (nSPS) is 19.9. The van der Waals surface area contributed by atoms with E-state index in [2.05, 4.69) is 47.5 Å². The van der Waals surface area contributed by atoms with Gasteiger partial charge in [0, 0.05) is 62.8 Å². The summed E-state index contributed by atoms with van der Waals surface area (Å²) in [6.07, 6.45) is 1.90. The number of nitrogens with two attached hydrogens (primary N) is 1. The third-order valence-corrected chi connectivity index (χ3v) is 10.5. The number of carbonyl (C=O) groups excluding carboxylic acids is 9. The average molecular weight is 903 g/mol. The maximum Gasteiger partial charge on any atom is 0.305 e. The molecule has 9 amide bonds. The first-order valence-electron chi connectivity index (χ1n) is 21.5. The van der Waals surface area contributed by atoms with Crippen LogP contribution < -0.4 is 48.3 Å². The lowest BCUT2D eigenvalue weighted by atomic mass is 10.0. The minimum absolute atomic E-state index is 0.0266. The Morgan fingerprint density at radius 3 is 2.05 bits per heavy atom. The fourth-order valence-electron chi connectivity index (χ4n) is 7.13. The topological polar surface area (TPSA) is 329 Å². The van der Waals surface area contributed by atoms with Crippen LogP contribution in [0.25, 0.3) is 10.9 Å². The molecule has 1 aromatic heterocycles. The number of para-hydroxylation sites is 1. The Balaban J connectivity index is 1.61. The fourth-order valence-corrected chi connectivity index (χ4v) is 7.13. The Morgan fingerprint density at radius 2 is 1.40 bits per heavy atom. The van der Waals surface area contributed by atoms with Crippen molar-refractivity contribution in [3.8, 4) is 0 Å². The zero-order valence-electron chi connectivity index (χ0n) is 36.2. The lowest BCUT2D eigenvalue weighted by Crippen LogP contribution is -2.59. The first-order valence-corrected chi connectivity index (χ1v) is 21.5. The van der Waals surface area contributed by atoms with Gasteiger partial charge in [-0.15, -0.1) is 0 Å². The molecule has 0 spiro atoms. The van der Waals surface area contributed by atoms with Crippen molar-refractivity contribution < 1.29 is 53.1 Å². The molecule has 0 bridgehead atoms. The van der Waals surface area contributed by atoms with Crippen LogP contribution in [0.4, 0.5) is 0 Å². The number of carbonyl (C=O) groups is 10. The van der Waals surface area contributed by atoms with E-state index in [1.807, 2.05) is 18.2 Å². The Bertz CT molecular complexity index is 2180. The van der Waals surface area contributed by atoms with E-state index in [0.717, 1.165) is 10.9 Å². The molecule has 2 aromatic carbocycles. The number of amides is 9. The molecule has 4 rings (SSSR count). The highest BCUT2D eigenvalue weighted by Crippen LogP contribution is 2.19. The number of carboxylic acids is 1. The van der Waals surface area contributed by atoms with E-state index >= 15 is 0 Å². The van der Waals surface area contributed by atoms with Crippen molar-refractivity contribution in [1.82, 2.24) is 47.5 Å². The zero-order valence-corrected chi connectivity index (χ0v) is 36.2. The molecule has 1 unspecified atom stereocenters. The molecule has 65 heavy (non-hydrogen) atoms. The molecule has 1 aliphatic rings. The summed E-state index contributed by atoms with van der Waals surface area (Å²) in [5.74, 6) is -7.92. The molecule has 21 nitrogen and oxygen atoms in total. The quantitative estimate of drug-likeness (QED) is 0.103. The molecular formula is C44H58N10O11. The van der Waals surface area contributed by atoms with Gasteiger partial charge in [0.05, 0.1) is 13.0 Å². The Kier molecular flexibility index (Phi) is 19.9. The molecule has 12 N–H and O–H groups in total. The molecule has 5 atom stereocenters. The highest BCUT2D eigenvalue weighted by atomic mass is 16.4. The number of aliphatic carboxylic acids is 1. The number of benzene rings is 2. The van der Waals surface area contributed by atoms with Gasteiger partial charge in [-0.2, -0.15) is 0 Å². The van der Waals surface area contributed by atoms with Crippen LogP contribution in [0.3, 0.4) is 0 Å². The second kappa shape index (κ2) is 25.7. The van der Waals surface area contributed by atoms with Gasteiger partial charge in [-0.1, -0.05) is 48.5 Å². The number of fused-ring (bicyclic) bond motifs is 1. The predicted octanol–water partition coefficient (Wildman–Crippen LogP) is -1.16. The number of aromatic amines is 1. The van der Waals surface area contributed by atoms with Gasteiger partial charge in [0.15, 0.2) is 0 Å². The van der Waals surface area contributed by atoms with Gasteiger partial charge >= 0.3 is 5.97 Å². The van der Waals surface area contributed by atoms with Crippen LogP contribution in [0.5, 0.6) is 0 Å². The summed E-state index contributed by atoms with van der Waals surface area (Å²) >= 11 is 0. The SMILES string of the molecule is CC(=O)NC1CCCCNC(=O)CCC(=O)NCCCC[C@@H](C(=O)N[C@@H](CC(=O)O)C(=O)N[C@@H](Cc2ccccc2)C(N)=O)NC(=O)[C@H](Cc2c[nH]c3ccccc23)NC(=O)CNC1=O. The van der Waals surface area contributed by atoms with Gasteiger partial charge in [0.2, 0.25) is 53.2 Å². The predicted molar refractivity (Wildman–Crippen MR) is 235 cm³/mol. The summed E-state index contributed by atoms with van der Waals surface area (Å²) in [6, 6.07) is 8.98. The number of carboxylic acid groups (broad SMARTS) is 1. The van der Waals surface area contributed by atoms with Crippen LogP contribution in [0.1, 0.15) is 75.8 Å². The summed E-state index contributed by atoms with van der Waals surface area (Å²) in [4.78, 5) is 133. The fraction of sp³-hybridized carbons (Fsp3) is 0.455. The van der Waals surface area contributed by atoms with E-state index in [4.69, 9.17) is 5.73 Å². The Hall–Kier alpha value is -7.32. The van der Waals surface area contributed by atoms with Crippen molar-refractivity contribution in [3.63, 3.8) is 0 Å². The van der Waals surface area contributed by atoms with Crippen molar-refractivity contribution in [2.75, 3.05) is 19.6 Å². The van der Waals surface area contributed by atoms with Crippen LogP contribution in [0.15, 0.2) is 60.8 Å². The van der Waals surface area contributed by atoms with Crippen LogP contribution in [0.2, 0.25) is 0 Å². The van der Waals surface area contributed by atoms with E-state index in [-0.39, 0.29) is 63.9 Å². The second-order valence-corrected chi connectivity index (χ2v) is 15.7. The Morgan fingerprint density at radius 1 is 0.754 bits per heavy atom. The summed E-state index contributed by atoms with van der Waals surface area (Å²) < 4.78 is 0. The largest absolute Gasteiger partial charge is 0.481 e. The van der Waals surface area contributed by atoms with Gasteiger partial charge < -0.3 is 58.4 Å². The van der Waals surface area contributed by atoms with E-state index in [1.54, 1.807) is 42.6 Å². The molecule has 1 fully saturated rings. The maximum atomic E-state index is 14.3. The average Bonchev–Trinajstić information content (AvgIpc) is 3.67. The van der Waals surface area contributed by atoms with Crippen LogP contribution in [-0.2, 0) is 60.8 Å². The standard InChI is InChI=1S/C44H58N10O11/c1-26(55)50-31-15-7-9-19-46-36(56)17-18-37(57)47-20-10-8-16-32(42(63)54-35(23-39(59)60)44(65)53-33(40(45)61)21-27-11-3-2-4-12-27)52-43(64)34(51-38(58)25-49-41(31)62)22-28-24-48-30-14-6-5-13-29(28)30/h2-6,11-14,24,31-35,48H,7-10,15-23,25H2,1H3,(H2,45,61)(H,46,56)(H,47,57)(H,49,62)(H,50,55)(H,51,58)(H,52,64)(H,53,65)(H,54,63)(H,59,60)/t31?,32-,33-,34-,35-/m0/s1. The second-order valence-electron chi connectivity index (χ2n) is 15.7. The van der Waals surface area contributed by atoms with Crippen molar-refractivity contribution in [3.05, 3.63) is 71.9 Å². The number of hydrogen-bond donors (Lipinski definition) is 11. The smallest absolute Gasteiger partial charge is 0.305 e. The molecule has 0 aliphatic carbocycles. The lowest BCUT2D eigenvalue weighted by Gasteiger charge is -2.26. The van der Waals surface area contributed by atoms with Crippen molar-refractivity contribution >= 4 is 70.0 Å². The van der Waals surface area contributed by atoms with Gasteiger partial charge in [-0.05, 0) is 55.7 Å². The van der Waals surface area contributed by atoms with Crippen LogP contribution in [0, 0.1) is 0 Å². The van der Waals surface area contributed by atoms with E-state index < -0.39 is 96.4 Å². The highest BCUT2D eigenvalue weighted by molar-refractivity contribution is 5.97. The molecular weight excluding hydrogens is 845 g/mol. The molecule has 1 aliphatic heterocycles. The summed E-state index contributed by atoms with van der Waals surface area (Å²) in [7, 11) is 0. The van der Waals surface area contributed by atoms with Gasteiger partial charge in [0.1, 0.15) is 30.2 Å². The summed E-state index contributed by atoms with van der Waals surface area (Å²) in [5.41, 5.74) is 7.58. The van der Waals surface area contributed by atoms with Gasteiger partial charge in [-0.3, -0.25) is 47.9 Å². The number of H-pyrrole nitrogens is 1.